The predicted octanol–water partition coefficient (Wildman–Crippen LogP) is 5.97. The number of anilines is 1. The summed E-state index contributed by atoms with van der Waals surface area (Å²) in [6.07, 6.45) is 8.36. The fourth-order valence-corrected chi connectivity index (χ4v) is 8.34. The molecule has 12 heteroatoms. The Morgan fingerprint density at radius 3 is 2.42 bits per heavy atom. The van der Waals surface area contributed by atoms with Crippen molar-refractivity contribution in [3.8, 4) is 5.75 Å². The summed E-state index contributed by atoms with van der Waals surface area (Å²) in [5, 5.41) is 5.81. The number of ether oxygens (including phenoxy) is 4. The van der Waals surface area contributed by atoms with Crippen molar-refractivity contribution >= 4 is 29.6 Å². The van der Waals surface area contributed by atoms with Crippen LogP contribution in [0.4, 0.5) is 14.9 Å². The fourth-order valence-electron chi connectivity index (χ4n) is 8.34. The van der Waals surface area contributed by atoms with Crippen LogP contribution < -0.4 is 15.4 Å². The van der Waals surface area contributed by atoms with Crippen LogP contribution in [0.15, 0.2) is 18.2 Å². The van der Waals surface area contributed by atoms with Crippen LogP contribution in [-0.4, -0.2) is 86.1 Å². The summed E-state index contributed by atoms with van der Waals surface area (Å²) in [5.41, 5.74) is 0.735. The Balaban J connectivity index is 1.22. The van der Waals surface area contributed by atoms with Crippen LogP contribution in [0.5, 0.6) is 5.75 Å². The minimum atomic E-state index is -0.736. The lowest BCUT2D eigenvalue weighted by Gasteiger charge is -2.37. The molecule has 1 aromatic carbocycles. The first-order chi connectivity index (χ1) is 24.0. The van der Waals surface area contributed by atoms with E-state index >= 15 is 0 Å². The first-order valence-corrected chi connectivity index (χ1v) is 18.6. The van der Waals surface area contributed by atoms with Crippen molar-refractivity contribution in [3.63, 3.8) is 0 Å². The Hall–Kier alpha value is -3.41. The molecule has 0 spiro atoms. The van der Waals surface area contributed by atoms with E-state index in [1.807, 2.05) is 11.0 Å². The zero-order valence-corrected chi connectivity index (χ0v) is 30.2. The molecule has 5 rings (SSSR count). The molecule has 1 aromatic rings. The van der Waals surface area contributed by atoms with E-state index in [1.54, 1.807) is 40.0 Å². The van der Waals surface area contributed by atoms with Crippen molar-refractivity contribution in [1.29, 1.82) is 0 Å². The number of nitrogens with zero attached hydrogens (tertiary/aromatic N) is 1. The minimum Gasteiger partial charge on any atom is -0.478 e. The molecule has 1 saturated heterocycles. The van der Waals surface area contributed by atoms with Gasteiger partial charge >= 0.3 is 12.1 Å². The highest BCUT2D eigenvalue weighted by atomic mass is 19.1. The third-order valence-corrected chi connectivity index (χ3v) is 10.8. The van der Waals surface area contributed by atoms with Gasteiger partial charge in [0, 0.05) is 50.3 Å². The number of hydrogen-bond acceptors (Lipinski definition) is 8. The standard InChI is InChI=1S/C38H56FN3O8/c1-38(2,3)50-37(46)41-30(23-39)25-11-13-26(14-12-25)35(44)42-18-17-29(24-9-6-5-7-10-24)33(42)34(43)40-28-15-16-31-27(21-28)22-32(49-31)36(45)48-20-8-19-47-4/h15-16,21,24-26,29-30,32-33H,5-14,17-20,22-23H2,1-4H3,(H,40,43)(H,41,46)/t25?,26?,29-,30+,32?,33-/m0/s1. The lowest BCUT2D eigenvalue weighted by molar-refractivity contribution is -0.151. The average molecular weight is 702 g/mol. The molecular formula is C38H56FN3O8. The van der Waals surface area contributed by atoms with E-state index in [0.717, 1.165) is 37.7 Å². The monoisotopic (exact) mass is 701 g/mol. The van der Waals surface area contributed by atoms with E-state index in [0.29, 0.717) is 69.0 Å². The smallest absolute Gasteiger partial charge is 0.407 e. The maximum absolute atomic E-state index is 14.2. The molecule has 50 heavy (non-hydrogen) atoms. The molecule has 0 radical (unpaired) electrons. The molecule has 3 fully saturated rings. The molecule has 2 aliphatic heterocycles. The summed E-state index contributed by atoms with van der Waals surface area (Å²) in [5.74, 6) is 0.0985. The number of alkyl halides is 1. The molecule has 2 N–H and O–H groups in total. The van der Waals surface area contributed by atoms with Crippen LogP contribution in [0.1, 0.15) is 97.0 Å². The number of amides is 3. The molecule has 11 nitrogen and oxygen atoms in total. The van der Waals surface area contributed by atoms with E-state index in [9.17, 15) is 23.6 Å². The number of halogens is 1. The van der Waals surface area contributed by atoms with Crippen LogP contribution in [0.25, 0.3) is 0 Å². The Labute approximate surface area is 295 Å². The normalized spacial score (nSPS) is 26.0. The van der Waals surface area contributed by atoms with Crippen molar-refractivity contribution in [3.05, 3.63) is 23.8 Å². The molecular weight excluding hydrogens is 645 g/mol. The number of carbonyl (C=O) groups is 4. The van der Waals surface area contributed by atoms with Crippen molar-refractivity contribution in [2.75, 3.05) is 38.9 Å². The molecule has 0 aromatic heterocycles. The molecule has 4 aliphatic rings. The van der Waals surface area contributed by atoms with Gasteiger partial charge in [0.15, 0.2) is 6.10 Å². The summed E-state index contributed by atoms with van der Waals surface area (Å²) >= 11 is 0. The number of nitrogens with one attached hydrogen (secondary N) is 2. The van der Waals surface area contributed by atoms with Crippen LogP contribution in [0.2, 0.25) is 0 Å². The summed E-state index contributed by atoms with van der Waals surface area (Å²) in [4.78, 5) is 55.0. The summed E-state index contributed by atoms with van der Waals surface area (Å²) in [7, 11) is 1.60. The Kier molecular flexibility index (Phi) is 13.0. The number of hydrogen-bond donors (Lipinski definition) is 2. The van der Waals surface area contributed by atoms with Crippen LogP contribution in [-0.2, 0) is 35.0 Å². The van der Waals surface area contributed by atoms with Gasteiger partial charge in [0.25, 0.3) is 0 Å². The van der Waals surface area contributed by atoms with Gasteiger partial charge in [-0.15, -0.1) is 0 Å². The molecule has 4 atom stereocenters. The van der Waals surface area contributed by atoms with Gasteiger partial charge in [0.1, 0.15) is 24.1 Å². The number of benzene rings is 1. The van der Waals surface area contributed by atoms with Gasteiger partial charge in [-0.1, -0.05) is 32.1 Å². The highest BCUT2D eigenvalue weighted by Gasteiger charge is 2.47. The van der Waals surface area contributed by atoms with Crippen molar-refractivity contribution < 1.29 is 42.5 Å². The molecule has 278 valence electrons. The summed E-state index contributed by atoms with van der Waals surface area (Å²) in [6, 6.07) is 4.14. The first kappa shape index (κ1) is 37.8. The van der Waals surface area contributed by atoms with Gasteiger partial charge in [0.05, 0.1) is 12.6 Å². The zero-order valence-electron chi connectivity index (χ0n) is 30.2. The second-order valence-corrected chi connectivity index (χ2v) is 15.5. The molecule has 2 heterocycles. The van der Waals surface area contributed by atoms with Gasteiger partial charge in [-0.05, 0) is 88.8 Å². The van der Waals surface area contributed by atoms with Crippen LogP contribution in [0, 0.1) is 23.7 Å². The van der Waals surface area contributed by atoms with Gasteiger partial charge in [0.2, 0.25) is 11.8 Å². The van der Waals surface area contributed by atoms with E-state index in [-0.39, 0.29) is 36.2 Å². The van der Waals surface area contributed by atoms with E-state index < -0.39 is 42.5 Å². The third kappa shape index (κ3) is 9.67. The zero-order chi connectivity index (χ0) is 35.8. The van der Waals surface area contributed by atoms with E-state index in [1.165, 1.54) is 6.42 Å². The van der Waals surface area contributed by atoms with Crippen LogP contribution >= 0.6 is 0 Å². The molecule has 1 unspecified atom stereocenters. The van der Waals surface area contributed by atoms with Gasteiger partial charge in [-0.2, -0.15) is 0 Å². The van der Waals surface area contributed by atoms with Crippen molar-refractivity contribution in [2.45, 2.75) is 122 Å². The lowest BCUT2D eigenvalue weighted by atomic mass is 9.76. The highest BCUT2D eigenvalue weighted by Crippen LogP contribution is 2.42. The third-order valence-electron chi connectivity index (χ3n) is 10.8. The Morgan fingerprint density at radius 1 is 1.00 bits per heavy atom. The molecule has 2 aliphatic carbocycles. The quantitative estimate of drug-likeness (QED) is 0.201. The van der Waals surface area contributed by atoms with Crippen LogP contribution in [0.3, 0.4) is 0 Å². The summed E-state index contributed by atoms with van der Waals surface area (Å²) in [6.45, 7) is 5.90. The van der Waals surface area contributed by atoms with Gasteiger partial charge in [-0.25, -0.2) is 14.0 Å². The number of rotatable bonds is 12. The maximum atomic E-state index is 14.2. The average Bonchev–Trinajstić information content (AvgIpc) is 3.73. The first-order valence-electron chi connectivity index (χ1n) is 18.6. The molecule has 3 amide bonds. The second kappa shape index (κ2) is 17.2. The van der Waals surface area contributed by atoms with E-state index in [4.69, 9.17) is 18.9 Å². The number of carbonyl (C=O) groups excluding carboxylic acids is 4. The van der Waals surface area contributed by atoms with Crippen molar-refractivity contribution in [1.82, 2.24) is 10.2 Å². The fraction of sp³-hybridized carbons (Fsp3) is 0.737. The Morgan fingerprint density at radius 2 is 1.74 bits per heavy atom. The highest BCUT2D eigenvalue weighted by molar-refractivity contribution is 5.98. The Bertz CT molecular complexity index is 1340. The van der Waals surface area contributed by atoms with Crippen molar-refractivity contribution in [2.24, 2.45) is 23.7 Å². The number of alkyl carbamates (subject to hydrolysis) is 1. The van der Waals surface area contributed by atoms with Gasteiger partial charge in [-0.3, -0.25) is 9.59 Å². The topological polar surface area (TPSA) is 132 Å². The molecule has 2 saturated carbocycles. The lowest BCUT2D eigenvalue weighted by Crippen LogP contribution is -2.50. The second-order valence-electron chi connectivity index (χ2n) is 15.5. The number of esters is 1. The summed E-state index contributed by atoms with van der Waals surface area (Å²) < 4.78 is 35.6. The number of likely N-dealkylation sites (tertiary alicyclic amines) is 1. The SMILES string of the molecule is COCCCOC(=O)C1Cc2cc(NC(=O)[C@@H]3[C@H](C4CCCCC4)CCN3C(=O)C3CCC([C@@H](CF)NC(=O)OC(C)(C)C)CC3)ccc2O1. The largest absolute Gasteiger partial charge is 0.478 e. The number of fused-ring (bicyclic) bond motifs is 1. The maximum Gasteiger partial charge on any atom is 0.407 e. The predicted molar refractivity (Wildman–Crippen MR) is 185 cm³/mol. The minimum absolute atomic E-state index is 0.00647. The van der Waals surface area contributed by atoms with E-state index in [2.05, 4.69) is 10.6 Å². The molecule has 0 bridgehead atoms. The number of methoxy groups -OCH3 is 1. The van der Waals surface area contributed by atoms with Gasteiger partial charge < -0.3 is 34.5 Å².